The Morgan fingerprint density at radius 1 is 1.38 bits per heavy atom. The van der Waals surface area contributed by atoms with E-state index in [1.54, 1.807) is 24.3 Å². The SMILES string of the molecule is CC(=O)NN(C=O)c1ccccc1. The lowest BCUT2D eigenvalue weighted by molar-refractivity contribution is -0.121. The molecule has 0 radical (unpaired) electrons. The molecular formula is C9H10N2O2. The second-order valence-corrected chi connectivity index (χ2v) is 2.48. The molecular weight excluding hydrogens is 168 g/mol. The van der Waals surface area contributed by atoms with Crippen LogP contribution in [0.2, 0.25) is 0 Å². The largest absolute Gasteiger partial charge is 0.276 e. The first-order valence-electron chi connectivity index (χ1n) is 3.81. The fourth-order valence-electron chi connectivity index (χ4n) is 0.910. The summed E-state index contributed by atoms with van der Waals surface area (Å²) >= 11 is 0. The van der Waals surface area contributed by atoms with Gasteiger partial charge in [-0.15, -0.1) is 0 Å². The molecule has 1 rings (SSSR count). The van der Waals surface area contributed by atoms with Gasteiger partial charge in [-0.3, -0.25) is 15.0 Å². The van der Waals surface area contributed by atoms with Crippen molar-refractivity contribution in [1.82, 2.24) is 5.43 Å². The molecule has 0 unspecified atom stereocenters. The number of hydrogen-bond acceptors (Lipinski definition) is 2. The fourth-order valence-corrected chi connectivity index (χ4v) is 0.910. The quantitative estimate of drug-likeness (QED) is 0.547. The summed E-state index contributed by atoms with van der Waals surface area (Å²) in [4.78, 5) is 21.2. The zero-order valence-corrected chi connectivity index (χ0v) is 7.23. The molecule has 2 amide bonds. The van der Waals surface area contributed by atoms with E-state index in [1.807, 2.05) is 6.07 Å². The lowest BCUT2D eigenvalue weighted by Gasteiger charge is -2.16. The van der Waals surface area contributed by atoms with Crippen LogP contribution in [0.1, 0.15) is 6.92 Å². The highest BCUT2D eigenvalue weighted by molar-refractivity contribution is 5.83. The van der Waals surface area contributed by atoms with Crippen LogP contribution in [0.15, 0.2) is 30.3 Å². The van der Waals surface area contributed by atoms with Crippen molar-refractivity contribution in [2.24, 2.45) is 0 Å². The average Bonchev–Trinajstić information content (AvgIpc) is 2.15. The first-order chi connectivity index (χ1) is 6.24. The van der Waals surface area contributed by atoms with E-state index in [4.69, 9.17) is 0 Å². The van der Waals surface area contributed by atoms with E-state index < -0.39 is 0 Å². The number of nitrogens with one attached hydrogen (secondary N) is 1. The Bertz CT molecular complexity index is 298. The van der Waals surface area contributed by atoms with Gasteiger partial charge in [-0.1, -0.05) is 18.2 Å². The third kappa shape index (κ3) is 2.59. The van der Waals surface area contributed by atoms with Crippen LogP contribution in [0, 0.1) is 0 Å². The number of hydrogen-bond donors (Lipinski definition) is 1. The number of nitrogens with zero attached hydrogens (tertiary/aromatic N) is 1. The third-order valence-corrected chi connectivity index (χ3v) is 1.42. The second kappa shape index (κ2) is 4.25. The van der Waals surface area contributed by atoms with Crippen molar-refractivity contribution in [1.29, 1.82) is 0 Å². The molecule has 0 fully saturated rings. The van der Waals surface area contributed by atoms with Gasteiger partial charge in [-0.05, 0) is 12.1 Å². The number of benzene rings is 1. The van der Waals surface area contributed by atoms with Gasteiger partial charge in [0.15, 0.2) is 0 Å². The Labute approximate surface area is 76.1 Å². The Balaban J connectivity index is 2.78. The fraction of sp³-hybridized carbons (Fsp3) is 0.111. The smallest absolute Gasteiger partial charge is 0.235 e. The van der Waals surface area contributed by atoms with E-state index in [-0.39, 0.29) is 5.91 Å². The molecule has 4 heteroatoms. The van der Waals surface area contributed by atoms with Gasteiger partial charge >= 0.3 is 0 Å². The number of anilines is 1. The molecule has 1 aromatic carbocycles. The summed E-state index contributed by atoms with van der Waals surface area (Å²) in [7, 11) is 0. The summed E-state index contributed by atoms with van der Waals surface area (Å²) in [5.74, 6) is -0.282. The number of amides is 2. The van der Waals surface area contributed by atoms with Crippen LogP contribution in [-0.4, -0.2) is 12.3 Å². The molecule has 0 aliphatic rings. The number of carbonyl (C=O) groups is 2. The highest BCUT2D eigenvalue weighted by atomic mass is 16.2. The highest BCUT2D eigenvalue weighted by Crippen LogP contribution is 2.08. The lowest BCUT2D eigenvalue weighted by atomic mass is 10.3. The summed E-state index contributed by atoms with van der Waals surface area (Å²) in [5.41, 5.74) is 3.00. The predicted molar refractivity (Wildman–Crippen MR) is 48.8 cm³/mol. The summed E-state index contributed by atoms with van der Waals surface area (Å²) < 4.78 is 0. The molecule has 0 spiro atoms. The van der Waals surface area contributed by atoms with Crippen molar-refractivity contribution < 1.29 is 9.59 Å². The molecule has 0 aliphatic carbocycles. The molecule has 0 saturated carbocycles. The van der Waals surface area contributed by atoms with E-state index in [0.717, 1.165) is 5.01 Å². The Morgan fingerprint density at radius 3 is 2.46 bits per heavy atom. The van der Waals surface area contributed by atoms with E-state index in [0.29, 0.717) is 12.1 Å². The summed E-state index contributed by atoms with van der Waals surface area (Å²) in [5, 5.41) is 1.13. The van der Waals surface area contributed by atoms with Gasteiger partial charge in [0, 0.05) is 6.92 Å². The standard InChI is InChI=1S/C9H10N2O2/c1-8(13)10-11(7-12)9-5-3-2-4-6-9/h2-7H,1H3,(H,10,13). The second-order valence-electron chi connectivity index (χ2n) is 2.48. The zero-order valence-electron chi connectivity index (χ0n) is 7.23. The topological polar surface area (TPSA) is 49.4 Å². The highest BCUT2D eigenvalue weighted by Gasteiger charge is 2.03. The molecule has 1 aromatic rings. The van der Waals surface area contributed by atoms with E-state index in [1.165, 1.54) is 6.92 Å². The van der Waals surface area contributed by atoms with Crippen LogP contribution in [0.4, 0.5) is 5.69 Å². The number of carbonyl (C=O) groups excluding carboxylic acids is 2. The van der Waals surface area contributed by atoms with E-state index in [9.17, 15) is 9.59 Å². The lowest BCUT2D eigenvalue weighted by Crippen LogP contribution is -2.40. The van der Waals surface area contributed by atoms with Gasteiger partial charge in [0.25, 0.3) is 0 Å². The van der Waals surface area contributed by atoms with Crippen LogP contribution >= 0.6 is 0 Å². The Hall–Kier alpha value is -1.84. The van der Waals surface area contributed by atoms with Crippen LogP contribution in [0.25, 0.3) is 0 Å². The maximum absolute atomic E-state index is 10.7. The summed E-state index contributed by atoms with van der Waals surface area (Å²) in [6, 6.07) is 8.86. The maximum Gasteiger partial charge on any atom is 0.235 e. The minimum absolute atomic E-state index is 0.282. The minimum Gasteiger partial charge on any atom is -0.276 e. The number of para-hydroxylation sites is 1. The summed E-state index contributed by atoms with van der Waals surface area (Å²) in [6.07, 6.45) is 0.552. The van der Waals surface area contributed by atoms with Crippen LogP contribution in [0.3, 0.4) is 0 Å². The Kier molecular flexibility index (Phi) is 3.03. The molecule has 0 aliphatic heterocycles. The van der Waals surface area contributed by atoms with Crippen molar-refractivity contribution in [3.63, 3.8) is 0 Å². The van der Waals surface area contributed by atoms with Crippen molar-refractivity contribution in [2.75, 3.05) is 5.01 Å². The van der Waals surface area contributed by atoms with Crippen molar-refractivity contribution in [2.45, 2.75) is 6.92 Å². The normalized spacial score (nSPS) is 9.00. The number of hydrazine groups is 1. The van der Waals surface area contributed by atoms with Gasteiger partial charge in [0.2, 0.25) is 12.3 Å². The van der Waals surface area contributed by atoms with Gasteiger partial charge in [0.05, 0.1) is 5.69 Å². The van der Waals surface area contributed by atoms with Crippen molar-refractivity contribution in [3.8, 4) is 0 Å². The molecule has 0 saturated heterocycles. The van der Waals surface area contributed by atoms with Gasteiger partial charge < -0.3 is 0 Å². The molecule has 0 aromatic heterocycles. The van der Waals surface area contributed by atoms with Crippen molar-refractivity contribution in [3.05, 3.63) is 30.3 Å². The molecule has 1 N–H and O–H groups in total. The molecule has 0 bridgehead atoms. The first kappa shape index (κ1) is 9.25. The summed E-state index contributed by atoms with van der Waals surface area (Å²) in [6.45, 7) is 1.35. The monoisotopic (exact) mass is 178 g/mol. The van der Waals surface area contributed by atoms with E-state index >= 15 is 0 Å². The minimum atomic E-state index is -0.282. The van der Waals surface area contributed by atoms with Gasteiger partial charge in [-0.2, -0.15) is 0 Å². The van der Waals surface area contributed by atoms with E-state index in [2.05, 4.69) is 5.43 Å². The van der Waals surface area contributed by atoms with Crippen molar-refractivity contribution >= 4 is 18.0 Å². The molecule has 4 nitrogen and oxygen atoms in total. The predicted octanol–water partition coefficient (Wildman–Crippen LogP) is 0.700. The maximum atomic E-state index is 10.7. The van der Waals surface area contributed by atoms with Crippen LogP contribution < -0.4 is 10.4 Å². The van der Waals surface area contributed by atoms with Gasteiger partial charge in [-0.25, -0.2) is 5.01 Å². The van der Waals surface area contributed by atoms with Crippen LogP contribution in [0.5, 0.6) is 0 Å². The molecule has 13 heavy (non-hydrogen) atoms. The average molecular weight is 178 g/mol. The molecule has 0 atom stereocenters. The molecule has 68 valence electrons. The first-order valence-corrected chi connectivity index (χ1v) is 3.81. The van der Waals surface area contributed by atoms with Crippen LogP contribution in [-0.2, 0) is 9.59 Å². The molecule has 0 heterocycles. The zero-order chi connectivity index (χ0) is 9.68. The third-order valence-electron chi connectivity index (χ3n) is 1.42. The van der Waals surface area contributed by atoms with Gasteiger partial charge in [0.1, 0.15) is 0 Å². The number of rotatable bonds is 3. The Morgan fingerprint density at radius 2 is 2.00 bits per heavy atom.